The average Bonchev–Trinajstić information content (AvgIpc) is 3.61. The van der Waals surface area contributed by atoms with Crippen LogP contribution < -0.4 is 27.0 Å². The number of imidazole rings is 1. The van der Waals surface area contributed by atoms with E-state index in [1.54, 1.807) is 6.20 Å². The van der Waals surface area contributed by atoms with Crippen LogP contribution in [0.2, 0.25) is 0 Å². The standard InChI is InChI=1S/C30H35N7O6/c1-16(27(39)35-17(2)29(41)37-25(26(31)38)12-19-13-32-15-33-19)34-28(40)18(3)36-30(42)43-14-24-22-10-6-4-8-20(22)21-9-5-7-11-23(21)24/h4-11,13,15-18,24-25H,12,14H2,1-3H3,(H2,31,38)(H,32,33)(H,34,40)(H,35,39)(H,36,42)(H,37,41)/t16-,17-,18-,25-/m0/s1. The van der Waals surface area contributed by atoms with Crippen molar-refractivity contribution in [2.24, 2.45) is 5.73 Å². The number of primary amides is 1. The molecule has 1 aliphatic carbocycles. The topological polar surface area (TPSA) is 197 Å². The zero-order valence-electron chi connectivity index (χ0n) is 24.0. The Hall–Kier alpha value is -5.20. The van der Waals surface area contributed by atoms with Crippen molar-refractivity contribution >= 4 is 29.7 Å². The van der Waals surface area contributed by atoms with E-state index < -0.39 is 53.9 Å². The van der Waals surface area contributed by atoms with Crippen LogP contribution in [-0.2, 0) is 30.3 Å². The summed E-state index contributed by atoms with van der Waals surface area (Å²) in [6.07, 6.45) is 2.31. The lowest BCUT2D eigenvalue weighted by Crippen LogP contribution is -2.56. The molecule has 13 heteroatoms. The molecule has 0 radical (unpaired) electrons. The Labute approximate surface area is 248 Å². The van der Waals surface area contributed by atoms with E-state index in [9.17, 15) is 24.0 Å². The van der Waals surface area contributed by atoms with Crippen molar-refractivity contribution in [1.82, 2.24) is 31.2 Å². The minimum absolute atomic E-state index is 0.0757. The lowest BCUT2D eigenvalue weighted by Gasteiger charge is -2.22. The summed E-state index contributed by atoms with van der Waals surface area (Å²) < 4.78 is 5.48. The second-order valence-electron chi connectivity index (χ2n) is 10.4. The highest BCUT2D eigenvalue weighted by Gasteiger charge is 2.30. The number of alkyl carbamates (subject to hydrolysis) is 1. The van der Waals surface area contributed by atoms with Gasteiger partial charge in [0.25, 0.3) is 0 Å². The molecule has 7 N–H and O–H groups in total. The van der Waals surface area contributed by atoms with Crippen LogP contribution in [-0.4, -0.2) is 70.5 Å². The van der Waals surface area contributed by atoms with E-state index in [0.29, 0.717) is 5.69 Å². The number of fused-ring (bicyclic) bond motifs is 3. The van der Waals surface area contributed by atoms with Gasteiger partial charge in [-0.1, -0.05) is 48.5 Å². The van der Waals surface area contributed by atoms with E-state index in [0.717, 1.165) is 22.3 Å². The third-order valence-electron chi connectivity index (χ3n) is 7.20. The SMILES string of the molecule is C[C@H](NC(=O)OCC1c2ccccc2-c2ccccc21)C(=O)N[C@@H](C)C(=O)N[C@@H](C)C(=O)N[C@@H](Cc1c[nH]cn1)C(N)=O. The molecular weight excluding hydrogens is 554 g/mol. The van der Waals surface area contributed by atoms with Gasteiger partial charge in [0.2, 0.25) is 23.6 Å². The van der Waals surface area contributed by atoms with E-state index in [2.05, 4.69) is 31.2 Å². The molecule has 0 unspecified atom stereocenters. The van der Waals surface area contributed by atoms with Crippen molar-refractivity contribution in [1.29, 1.82) is 0 Å². The van der Waals surface area contributed by atoms with Crippen LogP contribution in [0.25, 0.3) is 11.1 Å². The molecule has 1 heterocycles. The maximum Gasteiger partial charge on any atom is 0.407 e. The third-order valence-corrected chi connectivity index (χ3v) is 7.20. The van der Waals surface area contributed by atoms with Gasteiger partial charge < -0.3 is 36.7 Å². The second kappa shape index (κ2) is 13.6. The van der Waals surface area contributed by atoms with Gasteiger partial charge in [0.1, 0.15) is 30.8 Å². The number of rotatable bonds is 12. The molecule has 1 aromatic heterocycles. The van der Waals surface area contributed by atoms with Crippen molar-refractivity contribution in [2.75, 3.05) is 6.61 Å². The van der Waals surface area contributed by atoms with E-state index >= 15 is 0 Å². The van der Waals surface area contributed by atoms with E-state index in [4.69, 9.17) is 10.5 Å². The normalized spacial score (nSPS) is 14.7. The Morgan fingerprint density at radius 1 is 0.814 bits per heavy atom. The number of aromatic amines is 1. The number of carbonyl (C=O) groups is 5. The first-order chi connectivity index (χ1) is 20.5. The minimum Gasteiger partial charge on any atom is -0.449 e. The number of nitrogens with one attached hydrogen (secondary N) is 5. The fourth-order valence-corrected chi connectivity index (χ4v) is 4.82. The van der Waals surface area contributed by atoms with Crippen LogP contribution in [0.4, 0.5) is 4.79 Å². The van der Waals surface area contributed by atoms with Gasteiger partial charge in [-0.25, -0.2) is 9.78 Å². The lowest BCUT2D eigenvalue weighted by atomic mass is 9.98. The monoisotopic (exact) mass is 589 g/mol. The first-order valence-corrected chi connectivity index (χ1v) is 13.8. The summed E-state index contributed by atoms with van der Waals surface area (Å²) in [5.41, 5.74) is 10.2. The molecule has 0 saturated heterocycles. The number of benzene rings is 2. The van der Waals surface area contributed by atoms with Gasteiger partial charge in [-0.15, -0.1) is 0 Å². The molecular formula is C30H35N7O6. The van der Waals surface area contributed by atoms with Crippen LogP contribution in [0.5, 0.6) is 0 Å². The van der Waals surface area contributed by atoms with E-state index in [1.807, 2.05) is 48.5 Å². The van der Waals surface area contributed by atoms with E-state index in [1.165, 1.54) is 27.1 Å². The van der Waals surface area contributed by atoms with Crippen LogP contribution >= 0.6 is 0 Å². The first kappa shape index (κ1) is 30.8. The van der Waals surface area contributed by atoms with E-state index in [-0.39, 0.29) is 18.9 Å². The number of aromatic nitrogens is 2. The number of nitrogens with two attached hydrogens (primary N) is 1. The molecule has 226 valence electrons. The Morgan fingerprint density at radius 2 is 1.33 bits per heavy atom. The average molecular weight is 590 g/mol. The predicted octanol–water partition coefficient (Wildman–Crippen LogP) is 0.859. The summed E-state index contributed by atoms with van der Waals surface area (Å²) >= 11 is 0. The van der Waals surface area contributed by atoms with Crippen molar-refractivity contribution in [3.05, 3.63) is 77.9 Å². The zero-order valence-corrected chi connectivity index (χ0v) is 24.0. The number of amides is 5. The molecule has 4 atom stereocenters. The predicted molar refractivity (Wildman–Crippen MR) is 156 cm³/mol. The molecule has 0 spiro atoms. The fourth-order valence-electron chi connectivity index (χ4n) is 4.82. The summed E-state index contributed by atoms with van der Waals surface area (Å²) in [4.78, 5) is 69.0. The number of hydrogen-bond acceptors (Lipinski definition) is 7. The minimum atomic E-state index is -1.04. The van der Waals surface area contributed by atoms with Crippen LogP contribution in [0.1, 0.15) is 43.5 Å². The molecule has 0 aliphatic heterocycles. The Bertz CT molecular complexity index is 1450. The molecule has 3 aromatic rings. The molecule has 1 aliphatic rings. The fraction of sp³-hybridized carbons (Fsp3) is 0.333. The van der Waals surface area contributed by atoms with Gasteiger partial charge in [-0.2, -0.15) is 0 Å². The molecule has 2 aromatic carbocycles. The van der Waals surface area contributed by atoms with Gasteiger partial charge in [0.15, 0.2) is 0 Å². The Balaban J connectivity index is 1.22. The molecule has 0 fully saturated rings. The largest absolute Gasteiger partial charge is 0.449 e. The van der Waals surface area contributed by atoms with Crippen LogP contribution in [0, 0.1) is 0 Å². The molecule has 5 amide bonds. The lowest BCUT2D eigenvalue weighted by molar-refractivity contribution is -0.133. The van der Waals surface area contributed by atoms with Crippen molar-refractivity contribution in [3.63, 3.8) is 0 Å². The number of nitrogens with zero attached hydrogens (tertiary/aromatic N) is 1. The summed E-state index contributed by atoms with van der Waals surface area (Å²) in [5.74, 6) is -2.80. The summed E-state index contributed by atoms with van der Waals surface area (Å²) in [6.45, 7) is 4.41. The highest BCUT2D eigenvalue weighted by Crippen LogP contribution is 2.44. The van der Waals surface area contributed by atoms with Gasteiger partial charge in [-0.3, -0.25) is 19.2 Å². The van der Waals surface area contributed by atoms with Gasteiger partial charge in [-0.05, 0) is 43.0 Å². The number of H-pyrrole nitrogens is 1. The van der Waals surface area contributed by atoms with Gasteiger partial charge in [0, 0.05) is 18.5 Å². The van der Waals surface area contributed by atoms with Gasteiger partial charge >= 0.3 is 6.09 Å². The number of hydrogen-bond donors (Lipinski definition) is 6. The number of carbonyl (C=O) groups excluding carboxylic acids is 5. The Kier molecular flexibility index (Phi) is 9.76. The first-order valence-electron chi connectivity index (χ1n) is 13.8. The molecule has 0 bridgehead atoms. The quantitative estimate of drug-likeness (QED) is 0.180. The number of ether oxygens (including phenoxy) is 1. The van der Waals surface area contributed by atoms with Crippen LogP contribution in [0.15, 0.2) is 61.1 Å². The molecule has 13 nitrogen and oxygen atoms in total. The Morgan fingerprint density at radius 3 is 1.84 bits per heavy atom. The summed E-state index contributed by atoms with van der Waals surface area (Å²) in [5, 5.41) is 9.96. The van der Waals surface area contributed by atoms with Crippen molar-refractivity contribution in [3.8, 4) is 11.1 Å². The van der Waals surface area contributed by atoms with Gasteiger partial charge in [0.05, 0.1) is 12.0 Å². The second-order valence-corrected chi connectivity index (χ2v) is 10.4. The van der Waals surface area contributed by atoms with Crippen molar-refractivity contribution in [2.45, 2.75) is 57.3 Å². The smallest absolute Gasteiger partial charge is 0.407 e. The maximum absolute atomic E-state index is 12.7. The van der Waals surface area contributed by atoms with Crippen molar-refractivity contribution < 1.29 is 28.7 Å². The molecule has 4 rings (SSSR count). The molecule has 43 heavy (non-hydrogen) atoms. The highest BCUT2D eigenvalue weighted by atomic mass is 16.5. The van der Waals surface area contributed by atoms with Crippen LogP contribution in [0.3, 0.4) is 0 Å². The zero-order chi connectivity index (χ0) is 31.1. The summed E-state index contributed by atoms with van der Waals surface area (Å²) in [7, 11) is 0. The summed E-state index contributed by atoms with van der Waals surface area (Å²) in [6, 6.07) is 11.8. The highest BCUT2D eigenvalue weighted by molar-refractivity contribution is 5.94. The third kappa shape index (κ3) is 7.56. The maximum atomic E-state index is 12.7. The molecule has 0 saturated carbocycles.